The van der Waals surface area contributed by atoms with Crippen molar-refractivity contribution in [3.8, 4) is 23.0 Å². The first-order valence-electron chi connectivity index (χ1n) is 14.2. The van der Waals surface area contributed by atoms with Gasteiger partial charge in [0.15, 0.2) is 11.5 Å². The number of nitrogens with zero attached hydrogens (tertiary/aromatic N) is 6. The van der Waals surface area contributed by atoms with E-state index in [4.69, 9.17) is 16.3 Å². The standard InChI is InChI=1S/C32H29ClF3N7O2/c1-41-12-14-43(15-13-41)18-21-8-9-22(16-26(21)32(34,35)36)37-30(44)24-17-23(10-11-27(24)33)45-31-25-19-42(2)40-29(25)38-28(39-31)20-6-4-3-5-7-20/h3-11,16-17,19H,12-15,18H2,1-2H3,(H,37,44). The maximum atomic E-state index is 14.1. The van der Waals surface area contributed by atoms with Crippen molar-refractivity contribution in [1.82, 2.24) is 29.5 Å². The number of hydrogen-bond donors (Lipinski definition) is 1. The molecular formula is C32H29ClF3N7O2. The number of ether oxygens (including phenoxy) is 1. The lowest BCUT2D eigenvalue weighted by molar-refractivity contribution is -0.138. The van der Waals surface area contributed by atoms with Gasteiger partial charge in [-0.2, -0.15) is 23.3 Å². The number of fused-ring (bicyclic) bond motifs is 1. The molecule has 2 aromatic heterocycles. The number of aryl methyl sites for hydroxylation is 1. The van der Waals surface area contributed by atoms with Gasteiger partial charge in [-0.3, -0.25) is 14.4 Å². The molecule has 0 atom stereocenters. The number of rotatable bonds is 7. The van der Waals surface area contributed by atoms with E-state index in [-0.39, 0.29) is 40.0 Å². The maximum Gasteiger partial charge on any atom is 0.416 e. The molecule has 0 aliphatic carbocycles. The molecule has 1 fully saturated rings. The second kappa shape index (κ2) is 12.5. The van der Waals surface area contributed by atoms with Crippen molar-refractivity contribution in [3.63, 3.8) is 0 Å². The molecular weight excluding hydrogens is 607 g/mol. The Bertz CT molecular complexity index is 1860. The van der Waals surface area contributed by atoms with E-state index >= 15 is 0 Å². The Morgan fingerprint density at radius 3 is 2.47 bits per heavy atom. The average molecular weight is 636 g/mol. The average Bonchev–Trinajstić information content (AvgIpc) is 3.40. The molecule has 1 saturated heterocycles. The molecule has 0 bridgehead atoms. The van der Waals surface area contributed by atoms with Gasteiger partial charge in [0.1, 0.15) is 11.1 Å². The van der Waals surface area contributed by atoms with Crippen molar-refractivity contribution in [3.05, 3.63) is 94.6 Å². The van der Waals surface area contributed by atoms with E-state index in [0.717, 1.165) is 24.7 Å². The Morgan fingerprint density at radius 1 is 0.978 bits per heavy atom. The fourth-order valence-electron chi connectivity index (χ4n) is 5.14. The third kappa shape index (κ3) is 6.93. The summed E-state index contributed by atoms with van der Waals surface area (Å²) in [4.78, 5) is 26.6. The molecule has 3 heterocycles. The molecule has 1 amide bonds. The number of halogens is 4. The van der Waals surface area contributed by atoms with Crippen LogP contribution >= 0.6 is 11.6 Å². The largest absolute Gasteiger partial charge is 0.438 e. The zero-order valence-electron chi connectivity index (χ0n) is 24.5. The van der Waals surface area contributed by atoms with Crippen molar-refractivity contribution in [2.45, 2.75) is 12.7 Å². The molecule has 1 N–H and O–H groups in total. The lowest BCUT2D eigenvalue weighted by atomic mass is 10.0. The van der Waals surface area contributed by atoms with Crippen LogP contribution in [0, 0.1) is 0 Å². The van der Waals surface area contributed by atoms with Crippen LogP contribution in [0.1, 0.15) is 21.5 Å². The van der Waals surface area contributed by atoms with Crippen molar-refractivity contribution in [2.75, 3.05) is 38.5 Å². The molecule has 3 aromatic carbocycles. The maximum absolute atomic E-state index is 14.1. The van der Waals surface area contributed by atoms with E-state index in [1.54, 1.807) is 24.0 Å². The van der Waals surface area contributed by atoms with Gasteiger partial charge in [-0.25, -0.2) is 4.98 Å². The van der Waals surface area contributed by atoms with Gasteiger partial charge in [-0.1, -0.05) is 48.0 Å². The first kappa shape index (κ1) is 30.5. The monoisotopic (exact) mass is 635 g/mol. The molecule has 1 aliphatic rings. The molecule has 1 aliphatic heterocycles. The smallest absolute Gasteiger partial charge is 0.416 e. The molecule has 0 saturated carbocycles. The normalized spacial score (nSPS) is 14.5. The first-order valence-corrected chi connectivity index (χ1v) is 14.6. The summed E-state index contributed by atoms with van der Waals surface area (Å²) in [5, 5.41) is 7.60. The number of amides is 1. The third-order valence-corrected chi connectivity index (χ3v) is 7.88. The zero-order valence-corrected chi connectivity index (χ0v) is 25.2. The summed E-state index contributed by atoms with van der Waals surface area (Å²) in [6, 6.07) is 17.6. The highest BCUT2D eigenvalue weighted by atomic mass is 35.5. The summed E-state index contributed by atoms with van der Waals surface area (Å²) in [6.07, 6.45) is -2.88. The minimum Gasteiger partial charge on any atom is -0.438 e. The van der Waals surface area contributed by atoms with Gasteiger partial charge < -0.3 is 15.0 Å². The van der Waals surface area contributed by atoms with Gasteiger partial charge in [0.05, 0.1) is 16.1 Å². The Kier molecular flexibility index (Phi) is 8.45. The summed E-state index contributed by atoms with van der Waals surface area (Å²) in [5.41, 5.74) is 0.561. The number of likely N-dealkylation sites (N-methyl/N-ethyl adjacent to an activating group) is 1. The lowest BCUT2D eigenvalue weighted by Gasteiger charge is -2.33. The van der Waals surface area contributed by atoms with E-state index in [1.807, 2.05) is 42.3 Å². The van der Waals surface area contributed by atoms with Gasteiger partial charge in [0.2, 0.25) is 5.88 Å². The number of anilines is 1. The highest BCUT2D eigenvalue weighted by molar-refractivity contribution is 6.34. The molecule has 0 spiro atoms. The van der Waals surface area contributed by atoms with Gasteiger partial charge in [0, 0.05) is 57.2 Å². The molecule has 9 nitrogen and oxygen atoms in total. The summed E-state index contributed by atoms with van der Waals surface area (Å²) in [7, 11) is 3.74. The van der Waals surface area contributed by atoms with E-state index in [1.165, 1.54) is 24.3 Å². The topological polar surface area (TPSA) is 88.4 Å². The van der Waals surface area contributed by atoms with Crippen molar-refractivity contribution in [2.24, 2.45) is 7.05 Å². The summed E-state index contributed by atoms with van der Waals surface area (Å²) < 4.78 is 50.0. The Morgan fingerprint density at radius 2 is 1.73 bits per heavy atom. The third-order valence-electron chi connectivity index (χ3n) is 7.55. The molecule has 232 valence electrons. The number of benzene rings is 3. The molecule has 0 radical (unpaired) electrons. The van der Waals surface area contributed by atoms with Crippen LogP contribution in [0.4, 0.5) is 18.9 Å². The Balaban J connectivity index is 1.25. The number of nitrogens with one attached hydrogen (secondary N) is 1. The summed E-state index contributed by atoms with van der Waals surface area (Å²) in [6.45, 7) is 3.10. The fourth-order valence-corrected chi connectivity index (χ4v) is 5.34. The number of aromatic nitrogens is 4. The molecule has 5 aromatic rings. The minimum atomic E-state index is -4.60. The van der Waals surface area contributed by atoms with Crippen LogP contribution in [0.2, 0.25) is 5.02 Å². The molecule has 0 unspecified atom stereocenters. The number of hydrogen-bond acceptors (Lipinski definition) is 7. The van der Waals surface area contributed by atoms with E-state index in [0.29, 0.717) is 29.9 Å². The van der Waals surface area contributed by atoms with Crippen LogP contribution in [0.15, 0.2) is 72.9 Å². The van der Waals surface area contributed by atoms with Crippen LogP contribution in [0.25, 0.3) is 22.4 Å². The van der Waals surface area contributed by atoms with Crippen LogP contribution in [-0.4, -0.2) is 68.7 Å². The molecule has 45 heavy (non-hydrogen) atoms. The van der Waals surface area contributed by atoms with Crippen LogP contribution in [0.5, 0.6) is 11.6 Å². The zero-order chi connectivity index (χ0) is 31.7. The van der Waals surface area contributed by atoms with Crippen molar-refractivity contribution < 1.29 is 22.7 Å². The van der Waals surface area contributed by atoms with E-state index in [9.17, 15) is 18.0 Å². The molecule has 6 rings (SSSR count). The summed E-state index contributed by atoms with van der Waals surface area (Å²) >= 11 is 6.37. The Labute approximate surface area is 262 Å². The first-order chi connectivity index (χ1) is 21.5. The van der Waals surface area contributed by atoms with Crippen molar-refractivity contribution >= 4 is 34.2 Å². The van der Waals surface area contributed by atoms with Crippen LogP contribution in [0.3, 0.4) is 0 Å². The lowest BCUT2D eigenvalue weighted by Crippen LogP contribution is -2.44. The minimum absolute atomic E-state index is 0.00258. The van der Waals surface area contributed by atoms with Gasteiger partial charge in [-0.15, -0.1) is 0 Å². The van der Waals surface area contributed by atoms with Gasteiger partial charge in [-0.05, 0) is 42.9 Å². The fraction of sp³-hybridized carbons (Fsp3) is 0.250. The predicted molar refractivity (Wildman–Crippen MR) is 165 cm³/mol. The second-order valence-corrected chi connectivity index (χ2v) is 11.3. The number of carbonyl (C=O) groups excluding carboxylic acids is 1. The highest BCUT2D eigenvalue weighted by Gasteiger charge is 2.34. The van der Waals surface area contributed by atoms with Crippen LogP contribution in [-0.2, 0) is 19.8 Å². The number of piperazine rings is 1. The predicted octanol–water partition coefficient (Wildman–Crippen LogP) is 6.49. The van der Waals surface area contributed by atoms with Crippen LogP contribution < -0.4 is 10.1 Å². The number of carbonyl (C=O) groups is 1. The Hall–Kier alpha value is -4.52. The quantitative estimate of drug-likeness (QED) is 0.219. The number of alkyl halides is 3. The van der Waals surface area contributed by atoms with Crippen molar-refractivity contribution in [1.29, 1.82) is 0 Å². The van der Waals surface area contributed by atoms with E-state index < -0.39 is 17.6 Å². The van der Waals surface area contributed by atoms with Gasteiger partial charge in [0.25, 0.3) is 5.91 Å². The van der Waals surface area contributed by atoms with E-state index in [2.05, 4.69) is 25.3 Å². The SMILES string of the molecule is CN1CCN(Cc2ccc(NC(=O)c3cc(Oc4nc(-c5ccccc5)nc5nn(C)cc45)ccc3Cl)cc2C(F)(F)F)CC1. The summed E-state index contributed by atoms with van der Waals surface area (Å²) in [5.74, 6) is 0.169. The highest BCUT2D eigenvalue weighted by Crippen LogP contribution is 2.36. The second-order valence-electron chi connectivity index (χ2n) is 10.9. The van der Waals surface area contributed by atoms with Gasteiger partial charge >= 0.3 is 6.18 Å². The molecule has 13 heteroatoms.